The molecule has 108 valence electrons. The molecule has 0 aromatic heterocycles. The average Bonchev–Trinajstić information content (AvgIpc) is 2.75. The van der Waals surface area contributed by atoms with Crippen LogP contribution in [0.25, 0.3) is 0 Å². The van der Waals surface area contributed by atoms with E-state index in [2.05, 4.69) is 41.5 Å². The molecule has 0 saturated carbocycles. The lowest BCUT2D eigenvalue weighted by atomic mass is 9.76. The van der Waals surface area contributed by atoms with E-state index in [1.807, 2.05) is 6.21 Å². The van der Waals surface area contributed by atoms with E-state index in [9.17, 15) is 4.39 Å². The number of hydrogen-bond acceptors (Lipinski definition) is 2. The monoisotopic (exact) mass is 274 g/mol. The maximum Gasteiger partial charge on any atom is 0.180 e. The molecule has 1 aromatic rings. The second-order valence-electron chi connectivity index (χ2n) is 7.43. The third-order valence-corrected chi connectivity index (χ3v) is 3.72. The first-order valence-corrected chi connectivity index (χ1v) is 6.98. The van der Waals surface area contributed by atoms with Gasteiger partial charge in [0.1, 0.15) is 5.82 Å². The van der Waals surface area contributed by atoms with Crippen LogP contribution in [-0.2, 0) is 5.66 Å². The molecule has 2 rings (SSSR count). The molecule has 20 heavy (non-hydrogen) atoms. The molecule has 1 aromatic carbocycles. The van der Waals surface area contributed by atoms with Crippen molar-refractivity contribution < 1.29 is 4.39 Å². The Labute approximate surface area is 120 Å². The minimum Gasteiger partial charge on any atom is -0.256 e. The zero-order chi connectivity index (χ0) is 15.2. The molecule has 0 bridgehead atoms. The predicted octanol–water partition coefficient (Wildman–Crippen LogP) is 4.60. The van der Waals surface area contributed by atoms with Crippen LogP contribution >= 0.6 is 0 Å². The van der Waals surface area contributed by atoms with Crippen LogP contribution in [-0.4, -0.2) is 11.9 Å². The predicted molar refractivity (Wildman–Crippen MR) is 82.9 cm³/mol. The maximum atomic E-state index is 13.2. The average molecular weight is 274 g/mol. The Balaban J connectivity index is 2.59. The summed E-state index contributed by atoms with van der Waals surface area (Å²) in [5.41, 5.74) is 1.02. The zero-order valence-electron chi connectivity index (χ0n) is 13.2. The van der Waals surface area contributed by atoms with Gasteiger partial charge in [0.05, 0.1) is 5.71 Å². The van der Waals surface area contributed by atoms with Crippen molar-refractivity contribution in [3.63, 3.8) is 0 Å². The van der Waals surface area contributed by atoms with Crippen molar-refractivity contribution in [3.05, 3.63) is 35.6 Å². The Bertz CT molecular complexity index is 556. The van der Waals surface area contributed by atoms with Gasteiger partial charge in [0.15, 0.2) is 5.66 Å². The summed E-state index contributed by atoms with van der Waals surface area (Å²) in [5, 5.41) is 0. The molecule has 1 aliphatic rings. The van der Waals surface area contributed by atoms with E-state index in [-0.39, 0.29) is 16.6 Å². The molecule has 0 aliphatic carbocycles. The van der Waals surface area contributed by atoms with Crippen LogP contribution in [0.3, 0.4) is 0 Å². The first-order valence-electron chi connectivity index (χ1n) is 6.98. The Morgan fingerprint density at radius 1 is 0.950 bits per heavy atom. The van der Waals surface area contributed by atoms with E-state index < -0.39 is 5.66 Å². The summed E-state index contributed by atoms with van der Waals surface area (Å²) in [6.07, 6.45) is 1.87. The largest absolute Gasteiger partial charge is 0.256 e. The highest BCUT2D eigenvalue weighted by Gasteiger charge is 2.46. The molecule has 2 nitrogen and oxygen atoms in total. The third-order valence-electron chi connectivity index (χ3n) is 3.72. The first-order chi connectivity index (χ1) is 9.06. The fourth-order valence-electron chi connectivity index (χ4n) is 2.36. The van der Waals surface area contributed by atoms with Crippen LogP contribution in [0.1, 0.15) is 47.1 Å². The Morgan fingerprint density at radius 2 is 1.50 bits per heavy atom. The molecule has 0 fully saturated rings. The van der Waals surface area contributed by atoms with E-state index >= 15 is 0 Å². The smallest absolute Gasteiger partial charge is 0.180 e. The molecule has 0 spiro atoms. The normalized spacial score (nSPS) is 23.1. The third kappa shape index (κ3) is 2.41. The Hall–Kier alpha value is -1.51. The van der Waals surface area contributed by atoms with Gasteiger partial charge in [0.25, 0.3) is 0 Å². The van der Waals surface area contributed by atoms with E-state index in [0.717, 1.165) is 11.3 Å². The van der Waals surface area contributed by atoms with Crippen LogP contribution in [0.5, 0.6) is 0 Å². The molecular weight excluding hydrogens is 251 g/mol. The number of benzene rings is 1. The van der Waals surface area contributed by atoms with E-state index in [1.54, 1.807) is 12.1 Å². The summed E-state index contributed by atoms with van der Waals surface area (Å²) in [6.45, 7) is 12.7. The van der Waals surface area contributed by atoms with Crippen molar-refractivity contribution in [2.45, 2.75) is 47.2 Å². The van der Waals surface area contributed by atoms with Gasteiger partial charge in [0, 0.05) is 22.6 Å². The lowest BCUT2D eigenvalue weighted by Gasteiger charge is -2.37. The summed E-state index contributed by atoms with van der Waals surface area (Å²) in [4.78, 5) is 9.67. The molecule has 1 unspecified atom stereocenters. The highest BCUT2D eigenvalue weighted by atomic mass is 19.1. The molecule has 0 N–H and O–H groups in total. The van der Waals surface area contributed by atoms with Crippen molar-refractivity contribution in [1.29, 1.82) is 0 Å². The first kappa shape index (κ1) is 14.9. The molecule has 3 heteroatoms. The molecule has 1 aliphatic heterocycles. The summed E-state index contributed by atoms with van der Waals surface area (Å²) in [7, 11) is 0. The topological polar surface area (TPSA) is 24.7 Å². The van der Waals surface area contributed by atoms with Crippen LogP contribution in [0.4, 0.5) is 4.39 Å². The van der Waals surface area contributed by atoms with Crippen LogP contribution < -0.4 is 0 Å². The van der Waals surface area contributed by atoms with Crippen molar-refractivity contribution >= 4 is 11.9 Å². The highest BCUT2D eigenvalue weighted by molar-refractivity contribution is 6.34. The lowest BCUT2D eigenvalue weighted by molar-refractivity contribution is 0.205. The molecule has 1 atom stereocenters. The molecular formula is C17H23FN2. The van der Waals surface area contributed by atoms with E-state index in [0.29, 0.717) is 0 Å². The summed E-state index contributed by atoms with van der Waals surface area (Å²) < 4.78 is 13.2. The number of hydrogen-bond donors (Lipinski definition) is 0. The molecule has 0 saturated heterocycles. The second kappa shape index (κ2) is 4.51. The molecule has 0 radical (unpaired) electrons. The van der Waals surface area contributed by atoms with E-state index in [4.69, 9.17) is 9.98 Å². The van der Waals surface area contributed by atoms with Crippen LogP contribution in [0.2, 0.25) is 0 Å². The van der Waals surface area contributed by atoms with Gasteiger partial charge >= 0.3 is 0 Å². The van der Waals surface area contributed by atoms with Crippen LogP contribution in [0.15, 0.2) is 34.3 Å². The van der Waals surface area contributed by atoms with Gasteiger partial charge in [-0.05, 0) is 12.1 Å². The second-order valence-corrected chi connectivity index (χ2v) is 7.43. The Morgan fingerprint density at radius 3 is 1.90 bits per heavy atom. The minimum absolute atomic E-state index is 0.0451. The lowest BCUT2D eigenvalue weighted by Crippen LogP contribution is -2.36. The summed E-state index contributed by atoms with van der Waals surface area (Å²) >= 11 is 0. The van der Waals surface area contributed by atoms with Gasteiger partial charge in [-0.15, -0.1) is 0 Å². The quantitative estimate of drug-likeness (QED) is 0.715. The maximum absolute atomic E-state index is 13.2. The van der Waals surface area contributed by atoms with Crippen LogP contribution in [0, 0.1) is 16.6 Å². The molecule has 1 heterocycles. The SMILES string of the molecule is CC(C)(C)C1=NC(c2ccc(F)cc2)(C(C)(C)C)N=C1. The van der Waals surface area contributed by atoms with Gasteiger partial charge in [-0.2, -0.15) is 0 Å². The van der Waals surface area contributed by atoms with Crippen molar-refractivity contribution in [1.82, 2.24) is 0 Å². The van der Waals surface area contributed by atoms with Crippen molar-refractivity contribution in [3.8, 4) is 0 Å². The standard InChI is InChI=1S/C17H23FN2/c1-15(2,3)14-11-19-17(20-14,16(4,5)6)12-7-9-13(18)10-8-12/h7-11H,1-6H3. The highest BCUT2D eigenvalue weighted by Crippen LogP contribution is 2.47. The number of nitrogens with zero attached hydrogens (tertiary/aromatic N) is 2. The van der Waals surface area contributed by atoms with Crippen molar-refractivity contribution in [2.24, 2.45) is 20.8 Å². The van der Waals surface area contributed by atoms with Gasteiger partial charge in [-0.1, -0.05) is 53.7 Å². The van der Waals surface area contributed by atoms with Gasteiger partial charge < -0.3 is 0 Å². The zero-order valence-corrected chi connectivity index (χ0v) is 13.2. The molecule has 0 amide bonds. The van der Waals surface area contributed by atoms with Gasteiger partial charge in [-0.3, -0.25) is 9.98 Å². The number of halogens is 1. The summed E-state index contributed by atoms with van der Waals surface area (Å²) in [6, 6.07) is 6.52. The fourth-order valence-corrected chi connectivity index (χ4v) is 2.36. The summed E-state index contributed by atoms with van der Waals surface area (Å²) in [5.74, 6) is -0.236. The minimum atomic E-state index is -0.663. The van der Waals surface area contributed by atoms with Crippen molar-refractivity contribution in [2.75, 3.05) is 0 Å². The number of rotatable bonds is 1. The van der Waals surface area contributed by atoms with E-state index in [1.165, 1.54) is 12.1 Å². The number of aliphatic imine (C=N–C) groups is 2. The van der Waals surface area contributed by atoms with Gasteiger partial charge in [0.2, 0.25) is 0 Å². The Kier molecular flexibility index (Phi) is 3.35. The fraction of sp³-hybridized carbons (Fsp3) is 0.529. The van der Waals surface area contributed by atoms with Gasteiger partial charge in [-0.25, -0.2) is 4.39 Å².